The minimum atomic E-state index is -1.05. The summed E-state index contributed by atoms with van der Waals surface area (Å²) in [6.45, 7) is 8.12. The molecule has 4 atom stereocenters. The van der Waals surface area contributed by atoms with Gasteiger partial charge < -0.3 is 10.2 Å². The average Bonchev–Trinajstić information content (AvgIpc) is 2.21. The lowest BCUT2D eigenvalue weighted by molar-refractivity contribution is -0.0455. The summed E-state index contributed by atoms with van der Waals surface area (Å²) in [5, 5.41) is 19.7. The van der Waals surface area contributed by atoms with E-state index in [1.165, 1.54) is 5.57 Å². The van der Waals surface area contributed by atoms with Crippen LogP contribution in [0.1, 0.15) is 47.0 Å². The van der Waals surface area contributed by atoms with Gasteiger partial charge in [-0.3, -0.25) is 0 Å². The highest BCUT2D eigenvalue weighted by Gasteiger charge is 2.34. The van der Waals surface area contributed by atoms with E-state index in [1.54, 1.807) is 13.0 Å². The molecule has 0 amide bonds. The van der Waals surface area contributed by atoms with Gasteiger partial charge in [-0.25, -0.2) is 0 Å². The van der Waals surface area contributed by atoms with Gasteiger partial charge >= 0.3 is 0 Å². The van der Waals surface area contributed by atoms with E-state index < -0.39 is 11.7 Å². The molecule has 98 valence electrons. The fraction of sp³-hybridized carbons (Fsp3) is 0.733. The van der Waals surface area contributed by atoms with E-state index in [4.69, 9.17) is 0 Å². The second-order valence-electron chi connectivity index (χ2n) is 5.84. The zero-order chi connectivity index (χ0) is 13.1. The molecule has 0 saturated heterocycles. The lowest BCUT2D eigenvalue weighted by atomic mass is 9.77. The number of hydrogen-bond donors (Lipinski definition) is 2. The number of rotatable bonds is 4. The van der Waals surface area contributed by atoms with Gasteiger partial charge in [0.15, 0.2) is 0 Å². The Hall–Kier alpha value is -0.600. The molecule has 1 aliphatic rings. The van der Waals surface area contributed by atoms with E-state index >= 15 is 0 Å². The predicted octanol–water partition coefficient (Wildman–Crippen LogP) is 3.06. The third kappa shape index (κ3) is 4.29. The van der Waals surface area contributed by atoms with Crippen LogP contribution in [0, 0.1) is 11.8 Å². The van der Waals surface area contributed by atoms with Gasteiger partial charge in [0.05, 0.1) is 6.10 Å². The van der Waals surface area contributed by atoms with Gasteiger partial charge in [-0.15, -0.1) is 0 Å². The van der Waals surface area contributed by atoms with Gasteiger partial charge in [0.2, 0.25) is 0 Å². The fourth-order valence-electron chi connectivity index (χ4n) is 2.28. The van der Waals surface area contributed by atoms with Crippen molar-refractivity contribution in [2.24, 2.45) is 11.8 Å². The maximum atomic E-state index is 9.86. The van der Waals surface area contributed by atoms with Gasteiger partial charge in [0.25, 0.3) is 0 Å². The van der Waals surface area contributed by atoms with Crippen molar-refractivity contribution in [2.75, 3.05) is 0 Å². The van der Waals surface area contributed by atoms with E-state index in [9.17, 15) is 10.2 Å². The summed E-state index contributed by atoms with van der Waals surface area (Å²) in [6, 6.07) is 0. The zero-order valence-corrected chi connectivity index (χ0v) is 11.5. The highest BCUT2D eigenvalue weighted by Crippen LogP contribution is 2.32. The number of hydrogen-bond acceptors (Lipinski definition) is 2. The molecule has 1 rings (SSSR count). The third-order valence-electron chi connectivity index (χ3n) is 3.76. The Morgan fingerprint density at radius 3 is 2.71 bits per heavy atom. The lowest BCUT2D eigenvalue weighted by Crippen LogP contribution is -2.42. The molecule has 0 saturated carbocycles. The van der Waals surface area contributed by atoms with Crippen LogP contribution in [0.25, 0.3) is 0 Å². The minimum Gasteiger partial charge on any atom is -0.390 e. The van der Waals surface area contributed by atoms with Crippen molar-refractivity contribution >= 4 is 0 Å². The van der Waals surface area contributed by atoms with Gasteiger partial charge in [-0.2, -0.15) is 0 Å². The van der Waals surface area contributed by atoms with Gasteiger partial charge in [-0.1, -0.05) is 30.7 Å². The highest BCUT2D eigenvalue weighted by molar-refractivity contribution is 5.11. The molecule has 0 heterocycles. The topological polar surface area (TPSA) is 40.5 Å². The largest absolute Gasteiger partial charge is 0.390 e. The quantitative estimate of drug-likeness (QED) is 0.739. The van der Waals surface area contributed by atoms with E-state index in [2.05, 4.69) is 32.9 Å². The molecule has 2 N–H and O–H groups in total. The molecule has 0 aromatic heterocycles. The van der Waals surface area contributed by atoms with E-state index in [0.717, 1.165) is 12.8 Å². The van der Waals surface area contributed by atoms with Crippen molar-refractivity contribution in [3.8, 4) is 0 Å². The minimum absolute atomic E-state index is 0.385. The first-order chi connectivity index (χ1) is 7.83. The Kier molecular flexibility index (Phi) is 4.96. The Bertz CT molecular complexity index is 298. The van der Waals surface area contributed by atoms with Crippen LogP contribution in [0.5, 0.6) is 0 Å². The smallest absolute Gasteiger partial charge is 0.106 e. The van der Waals surface area contributed by atoms with Crippen LogP contribution in [0.4, 0.5) is 0 Å². The Balaban J connectivity index is 2.49. The first-order valence-corrected chi connectivity index (χ1v) is 6.56. The fourth-order valence-corrected chi connectivity index (χ4v) is 2.28. The van der Waals surface area contributed by atoms with Crippen molar-refractivity contribution in [3.05, 3.63) is 23.8 Å². The number of aliphatic hydroxyl groups excluding tert-OH is 1. The van der Waals surface area contributed by atoms with Crippen LogP contribution < -0.4 is 0 Å². The second-order valence-corrected chi connectivity index (χ2v) is 5.84. The zero-order valence-electron chi connectivity index (χ0n) is 11.5. The summed E-state index contributed by atoms with van der Waals surface area (Å²) in [7, 11) is 0. The van der Waals surface area contributed by atoms with Crippen LogP contribution in [-0.2, 0) is 0 Å². The molecule has 2 heteroatoms. The summed E-state index contributed by atoms with van der Waals surface area (Å²) < 4.78 is 0. The van der Waals surface area contributed by atoms with Gasteiger partial charge in [0.1, 0.15) is 5.60 Å². The summed E-state index contributed by atoms with van der Waals surface area (Å²) in [5.74, 6) is 0.934. The summed E-state index contributed by atoms with van der Waals surface area (Å²) in [6.07, 6.45) is 8.34. The van der Waals surface area contributed by atoms with E-state index in [0.29, 0.717) is 18.3 Å². The highest BCUT2D eigenvalue weighted by atomic mass is 16.3. The molecule has 17 heavy (non-hydrogen) atoms. The molecule has 0 fully saturated rings. The maximum Gasteiger partial charge on any atom is 0.106 e. The van der Waals surface area contributed by atoms with Crippen molar-refractivity contribution < 1.29 is 10.2 Å². The molecule has 2 nitrogen and oxygen atoms in total. The summed E-state index contributed by atoms with van der Waals surface area (Å²) in [4.78, 5) is 0. The van der Waals surface area contributed by atoms with Crippen molar-refractivity contribution in [1.82, 2.24) is 0 Å². The molecular weight excluding hydrogens is 212 g/mol. The van der Waals surface area contributed by atoms with Crippen LogP contribution in [0.3, 0.4) is 0 Å². The lowest BCUT2D eigenvalue weighted by Gasteiger charge is -2.35. The van der Waals surface area contributed by atoms with Gasteiger partial charge in [0, 0.05) is 0 Å². The third-order valence-corrected chi connectivity index (χ3v) is 3.76. The molecule has 0 aliphatic heterocycles. The summed E-state index contributed by atoms with van der Waals surface area (Å²) in [5.41, 5.74) is 0.315. The van der Waals surface area contributed by atoms with Crippen LogP contribution >= 0.6 is 0 Å². The van der Waals surface area contributed by atoms with Gasteiger partial charge in [-0.05, 0) is 51.9 Å². The Morgan fingerprint density at radius 2 is 2.18 bits per heavy atom. The van der Waals surface area contributed by atoms with Crippen molar-refractivity contribution in [1.29, 1.82) is 0 Å². The monoisotopic (exact) mass is 238 g/mol. The molecule has 1 aliphatic carbocycles. The standard InChI is InChI=1S/C15H26O2/c1-11(2)6-5-7-12(3)13-8-9-15(4,17)14(16)10-13/h6,8-9,12-14,16-17H,5,7,10H2,1-4H3/t12-,13+,14+,15+/m1/s1. The molecule has 0 unspecified atom stereocenters. The average molecular weight is 238 g/mol. The Labute approximate surface area is 105 Å². The first-order valence-electron chi connectivity index (χ1n) is 6.56. The summed E-state index contributed by atoms with van der Waals surface area (Å²) >= 11 is 0. The van der Waals surface area contributed by atoms with E-state index in [1.807, 2.05) is 0 Å². The first kappa shape index (κ1) is 14.5. The second kappa shape index (κ2) is 5.83. The molecule has 0 spiro atoms. The van der Waals surface area contributed by atoms with Crippen molar-refractivity contribution in [3.63, 3.8) is 0 Å². The molecular formula is C15H26O2. The molecule has 0 bridgehead atoms. The van der Waals surface area contributed by atoms with Crippen molar-refractivity contribution in [2.45, 2.75) is 58.7 Å². The van der Waals surface area contributed by atoms with Crippen LogP contribution in [0.2, 0.25) is 0 Å². The number of aliphatic hydroxyl groups is 2. The van der Waals surface area contributed by atoms with E-state index in [-0.39, 0.29) is 0 Å². The SMILES string of the molecule is CC(C)=CCC[C@@H](C)[C@H]1C=C[C@](C)(O)[C@@H](O)C1. The predicted molar refractivity (Wildman–Crippen MR) is 71.7 cm³/mol. The molecule has 0 aromatic carbocycles. The number of allylic oxidation sites excluding steroid dienone is 3. The van der Waals surface area contributed by atoms with Crippen LogP contribution in [0.15, 0.2) is 23.8 Å². The Morgan fingerprint density at radius 1 is 1.53 bits per heavy atom. The maximum absolute atomic E-state index is 9.86. The van der Waals surface area contributed by atoms with Crippen LogP contribution in [-0.4, -0.2) is 21.9 Å². The normalized spacial score (nSPS) is 34.5. The molecule has 0 aromatic rings. The molecule has 0 radical (unpaired) electrons.